The van der Waals surface area contributed by atoms with Crippen LogP contribution in [0.4, 0.5) is 0 Å². The van der Waals surface area contributed by atoms with Crippen molar-refractivity contribution < 1.29 is 9.90 Å². The molecule has 1 aliphatic heterocycles. The molecule has 21 heavy (non-hydrogen) atoms. The number of carboxylic acids is 1. The second-order valence-electron chi connectivity index (χ2n) is 6.87. The van der Waals surface area contributed by atoms with Crippen molar-refractivity contribution >= 4 is 18.4 Å². The average molecular weight is 312 g/mol. The zero-order valence-electron chi connectivity index (χ0n) is 13.1. The second kappa shape index (κ2) is 7.28. The molecule has 0 saturated carbocycles. The van der Waals surface area contributed by atoms with Gasteiger partial charge in [0.15, 0.2) is 0 Å². The number of hydrogen-bond donors (Lipinski definition) is 2. The molecule has 0 aliphatic carbocycles. The van der Waals surface area contributed by atoms with E-state index >= 15 is 0 Å². The van der Waals surface area contributed by atoms with Gasteiger partial charge in [-0.1, -0.05) is 45.0 Å². The summed E-state index contributed by atoms with van der Waals surface area (Å²) in [6.07, 6.45) is 2.17. The molecule has 118 valence electrons. The first kappa shape index (κ1) is 18.0. The van der Waals surface area contributed by atoms with Crippen molar-refractivity contribution in [3.63, 3.8) is 0 Å². The molecule has 2 unspecified atom stereocenters. The van der Waals surface area contributed by atoms with E-state index < -0.39 is 5.97 Å². The average Bonchev–Trinajstić information content (AvgIpc) is 2.37. The minimum atomic E-state index is -0.682. The van der Waals surface area contributed by atoms with Crippen LogP contribution in [-0.2, 0) is 10.2 Å². The summed E-state index contributed by atoms with van der Waals surface area (Å²) in [7, 11) is 0. The van der Waals surface area contributed by atoms with Crippen LogP contribution in [0.2, 0.25) is 0 Å². The van der Waals surface area contributed by atoms with Crippen LogP contribution in [0, 0.1) is 5.92 Å². The fraction of sp³-hybridized carbons (Fsp3) is 0.588. The van der Waals surface area contributed by atoms with Gasteiger partial charge in [-0.15, -0.1) is 12.4 Å². The summed E-state index contributed by atoms with van der Waals surface area (Å²) in [6.45, 7) is 7.54. The van der Waals surface area contributed by atoms with Crippen molar-refractivity contribution in [3.8, 4) is 0 Å². The highest BCUT2D eigenvalue weighted by Crippen LogP contribution is 2.30. The zero-order valence-corrected chi connectivity index (χ0v) is 13.9. The molecule has 0 aromatic heterocycles. The van der Waals surface area contributed by atoms with Gasteiger partial charge in [-0.25, -0.2) is 0 Å². The standard InChI is InChI=1S/C17H25NO2.ClH/c1-17(2,3)14-6-4-13(5-7-14)15-10-12(8-9-18-15)11-16(19)20;/h4-7,12,15,18H,8-11H2,1-3H3,(H,19,20);1H. The number of benzene rings is 1. The number of carboxylic acid groups (broad SMARTS) is 1. The molecule has 0 amide bonds. The van der Waals surface area contributed by atoms with Gasteiger partial charge in [-0.05, 0) is 41.8 Å². The van der Waals surface area contributed by atoms with E-state index in [1.807, 2.05) is 0 Å². The van der Waals surface area contributed by atoms with Crippen LogP contribution in [0.1, 0.15) is 57.2 Å². The van der Waals surface area contributed by atoms with Gasteiger partial charge in [0.1, 0.15) is 0 Å². The van der Waals surface area contributed by atoms with Gasteiger partial charge in [0.25, 0.3) is 0 Å². The van der Waals surface area contributed by atoms with E-state index in [-0.39, 0.29) is 24.2 Å². The Balaban J connectivity index is 0.00000220. The summed E-state index contributed by atoms with van der Waals surface area (Å²) >= 11 is 0. The van der Waals surface area contributed by atoms with Crippen molar-refractivity contribution in [3.05, 3.63) is 35.4 Å². The van der Waals surface area contributed by atoms with Gasteiger partial charge in [0.05, 0.1) is 0 Å². The third-order valence-corrected chi connectivity index (χ3v) is 4.15. The summed E-state index contributed by atoms with van der Waals surface area (Å²) in [5.41, 5.74) is 2.77. The number of rotatable bonds is 3. The first-order valence-corrected chi connectivity index (χ1v) is 7.42. The first-order chi connectivity index (χ1) is 9.36. The number of aliphatic carboxylic acids is 1. The van der Waals surface area contributed by atoms with E-state index in [0.717, 1.165) is 19.4 Å². The Kier molecular flexibility index (Phi) is 6.24. The molecule has 0 spiro atoms. The van der Waals surface area contributed by atoms with Crippen LogP contribution < -0.4 is 5.32 Å². The number of carbonyl (C=O) groups is 1. The number of nitrogens with one attached hydrogen (secondary N) is 1. The van der Waals surface area contributed by atoms with Crippen molar-refractivity contribution in [1.82, 2.24) is 5.32 Å². The first-order valence-electron chi connectivity index (χ1n) is 7.42. The normalized spacial score (nSPS) is 22.4. The van der Waals surface area contributed by atoms with E-state index in [1.54, 1.807) is 0 Å². The van der Waals surface area contributed by atoms with E-state index in [1.165, 1.54) is 11.1 Å². The van der Waals surface area contributed by atoms with E-state index in [4.69, 9.17) is 5.11 Å². The van der Waals surface area contributed by atoms with Crippen molar-refractivity contribution in [2.75, 3.05) is 6.54 Å². The number of piperidine rings is 1. The Morgan fingerprint density at radius 1 is 1.29 bits per heavy atom. The molecule has 2 rings (SSSR count). The third-order valence-electron chi connectivity index (χ3n) is 4.15. The molecule has 1 fully saturated rings. The highest BCUT2D eigenvalue weighted by molar-refractivity contribution is 5.85. The van der Waals surface area contributed by atoms with E-state index in [2.05, 4.69) is 50.4 Å². The maximum absolute atomic E-state index is 10.8. The molecule has 1 heterocycles. The molecule has 1 aliphatic rings. The minimum absolute atomic E-state index is 0. The molecule has 0 radical (unpaired) electrons. The van der Waals surface area contributed by atoms with Crippen molar-refractivity contribution in [2.24, 2.45) is 5.92 Å². The summed E-state index contributed by atoms with van der Waals surface area (Å²) in [5.74, 6) is -0.389. The topological polar surface area (TPSA) is 49.3 Å². The maximum atomic E-state index is 10.8. The highest BCUT2D eigenvalue weighted by Gasteiger charge is 2.24. The number of hydrogen-bond acceptors (Lipinski definition) is 2. The van der Waals surface area contributed by atoms with Gasteiger partial charge in [0, 0.05) is 12.5 Å². The molecule has 0 bridgehead atoms. The van der Waals surface area contributed by atoms with Crippen LogP contribution in [0.15, 0.2) is 24.3 Å². The molecule has 1 saturated heterocycles. The van der Waals surface area contributed by atoms with Gasteiger partial charge in [-0.2, -0.15) is 0 Å². The van der Waals surface area contributed by atoms with Gasteiger partial charge < -0.3 is 10.4 Å². The lowest BCUT2D eigenvalue weighted by Gasteiger charge is -2.30. The Morgan fingerprint density at radius 3 is 2.43 bits per heavy atom. The summed E-state index contributed by atoms with van der Waals surface area (Å²) in [5, 5.41) is 12.4. The van der Waals surface area contributed by atoms with Crippen molar-refractivity contribution in [2.45, 2.75) is 51.5 Å². The summed E-state index contributed by atoms with van der Waals surface area (Å²) in [4.78, 5) is 10.8. The fourth-order valence-electron chi connectivity index (χ4n) is 2.90. The van der Waals surface area contributed by atoms with Gasteiger partial charge >= 0.3 is 5.97 Å². The molecular weight excluding hydrogens is 286 g/mol. The lowest BCUT2D eigenvalue weighted by molar-refractivity contribution is -0.138. The Morgan fingerprint density at radius 2 is 1.90 bits per heavy atom. The summed E-state index contributed by atoms with van der Waals surface area (Å²) in [6, 6.07) is 9.04. The molecule has 3 nitrogen and oxygen atoms in total. The van der Waals surface area contributed by atoms with Gasteiger partial charge in [0.2, 0.25) is 0 Å². The third kappa shape index (κ3) is 5.01. The summed E-state index contributed by atoms with van der Waals surface area (Å²) < 4.78 is 0. The largest absolute Gasteiger partial charge is 0.481 e. The quantitative estimate of drug-likeness (QED) is 0.889. The smallest absolute Gasteiger partial charge is 0.303 e. The Labute approximate surface area is 133 Å². The van der Waals surface area contributed by atoms with Gasteiger partial charge in [-0.3, -0.25) is 4.79 Å². The van der Waals surface area contributed by atoms with E-state index in [9.17, 15) is 4.79 Å². The van der Waals surface area contributed by atoms with Crippen LogP contribution in [0.25, 0.3) is 0 Å². The van der Waals surface area contributed by atoms with Crippen molar-refractivity contribution in [1.29, 1.82) is 0 Å². The zero-order chi connectivity index (χ0) is 14.8. The molecule has 2 atom stereocenters. The predicted octanol–water partition coefficient (Wildman–Crippen LogP) is 3.92. The molecule has 2 N–H and O–H groups in total. The van der Waals surface area contributed by atoms with Crippen LogP contribution >= 0.6 is 12.4 Å². The maximum Gasteiger partial charge on any atom is 0.303 e. The molecule has 1 aromatic carbocycles. The van der Waals surface area contributed by atoms with Crippen LogP contribution in [0.5, 0.6) is 0 Å². The van der Waals surface area contributed by atoms with E-state index in [0.29, 0.717) is 12.0 Å². The highest BCUT2D eigenvalue weighted by atomic mass is 35.5. The minimum Gasteiger partial charge on any atom is -0.481 e. The lowest BCUT2D eigenvalue weighted by atomic mass is 9.84. The monoisotopic (exact) mass is 311 g/mol. The molecular formula is C17H26ClNO2. The lowest BCUT2D eigenvalue weighted by Crippen LogP contribution is -2.32. The molecule has 1 aromatic rings. The predicted molar refractivity (Wildman–Crippen MR) is 88.1 cm³/mol. The SMILES string of the molecule is CC(C)(C)c1ccc(C2CC(CC(=O)O)CCN2)cc1.Cl. The number of halogens is 1. The van der Waals surface area contributed by atoms with Crippen LogP contribution in [-0.4, -0.2) is 17.6 Å². The molecule has 4 heteroatoms. The Hall–Kier alpha value is -1.06. The second-order valence-corrected chi connectivity index (χ2v) is 6.87. The fourth-order valence-corrected chi connectivity index (χ4v) is 2.90. The van der Waals surface area contributed by atoms with Crippen LogP contribution in [0.3, 0.4) is 0 Å². The Bertz CT molecular complexity index is 465.